The molecule has 1 aromatic heterocycles. The summed E-state index contributed by atoms with van der Waals surface area (Å²) in [6.07, 6.45) is -5.57. The molecule has 1 saturated carbocycles. The fourth-order valence-electron chi connectivity index (χ4n) is 5.26. The van der Waals surface area contributed by atoms with Gasteiger partial charge in [-0.3, -0.25) is 24.2 Å². The third kappa shape index (κ3) is 6.31. The van der Waals surface area contributed by atoms with Gasteiger partial charge in [-0.1, -0.05) is 35.9 Å². The highest BCUT2D eigenvalue weighted by molar-refractivity contribution is 6.31. The number of amides is 3. The Kier molecular flexibility index (Phi) is 8.12. The summed E-state index contributed by atoms with van der Waals surface area (Å²) in [7, 11) is 0. The lowest BCUT2D eigenvalue weighted by Gasteiger charge is -2.39. The number of alkyl halides is 5. The highest BCUT2D eigenvalue weighted by atomic mass is 35.5. The molecule has 43 heavy (non-hydrogen) atoms. The molecule has 0 bridgehead atoms. The van der Waals surface area contributed by atoms with Gasteiger partial charge in [0.05, 0.1) is 5.56 Å². The second-order valence-corrected chi connectivity index (χ2v) is 10.7. The van der Waals surface area contributed by atoms with Gasteiger partial charge in [0.2, 0.25) is 11.8 Å². The lowest BCUT2D eigenvalue weighted by molar-refractivity contribution is -0.137. The maximum absolute atomic E-state index is 14.5. The molecule has 2 unspecified atom stereocenters. The Hall–Kier alpha value is -4.13. The maximum atomic E-state index is 14.5. The van der Waals surface area contributed by atoms with Crippen molar-refractivity contribution in [2.45, 2.75) is 55.9 Å². The van der Waals surface area contributed by atoms with Crippen molar-refractivity contribution in [2.24, 2.45) is 0 Å². The minimum atomic E-state index is -4.76. The number of benzene rings is 2. The van der Waals surface area contributed by atoms with E-state index in [1.807, 2.05) is 0 Å². The maximum Gasteiger partial charge on any atom is 0.416 e. The molecule has 1 saturated heterocycles. The van der Waals surface area contributed by atoms with Crippen LogP contribution < -0.4 is 15.1 Å². The number of carbonyl (C=O) groups is 3. The monoisotopic (exact) mass is 624 g/mol. The molecule has 1 N–H and O–H groups in total. The molecule has 0 radical (unpaired) electrons. The van der Waals surface area contributed by atoms with Crippen molar-refractivity contribution < 1.29 is 40.7 Å². The molecule has 2 atom stereocenters. The second kappa shape index (κ2) is 11.5. The van der Waals surface area contributed by atoms with Gasteiger partial charge >= 0.3 is 6.18 Å². The zero-order valence-corrected chi connectivity index (χ0v) is 22.9. The first-order valence-corrected chi connectivity index (χ1v) is 13.5. The van der Waals surface area contributed by atoms with Crippen molar-refractivity contribution in [3.05, 3.63) is 88.8 Å². The largest absolute Gasteiger partial charge is 0.416 e. The number of nitrogens with zero attached hydrogens (tertiary/aromatic N) is 3. The van der Waals surface area contributed by atoms with Gasteiger partial charge in [-0.25, -0.2) is 18.2 Å². The number of hydrogen-bond donors (Lipinski definition) is 1. The Balaban J connectivity index is 1.60. The van der Waals surface area contributed by atoms with Crippen molar-refractivity contribution in [3.63, 3.8) is 0 Å². The lowest BCUT2D eigenvalue weighted by atomic mass is 9.87. The predicted octanol–water partition coefficient (Wildman–Crippen LogP) is 6.08. The van der Waals surface area contributed by atoms with Crippen molar-refractivity contribution in [1.29, 1.82) is 0 Å². The third-order valence-corrected chi connectivity index (χ3v) is 7.63. The topological polar surface area (TPSA) is 82.6 Å². The molecule has 1 aliphatic heterocycles. The summed E-state index contributed by atoms with van der Waals surface area (Å²) < 4.78 is 82.0. The molecule has 1 aliphatic carbocycles. The molecular formula is C29H23ClF6N4O3. The van der Waals surface area contributed by atoms with E-state index in [1.54, 1.807) is 6.07 Å². The number of hydrogen-bond acceptors (Lipinski definition) is 4. The highest BCUT2D eigenvalue weighted by Crippen LogP contribution is 2.40. The van der Waals surface area contributed by atoms with Gasteiger partial charge in [-0.15, -0.1) is 0 Å². The molecular weight excluding hydrogens is 602 g/mol. The van der Waals surface area contributed by atoms with Gasteiger partial charge in [0.1, 0.15) is 23.7 Å². The molecule has 2 fully saturated rings. The Morgan fingerprint density at radius 3 is 2.44 bits per heavy atom. The second-order valence-electron chi connectivity index (χ2n) is 10.3. The minimum absolute atomic E-state index is 0.0229. The Bertz CT molecular complexity index is 1560. The van der Waals surface area contributed by atoms with Crippen LogP contribution in [0.5, 0.6) is 0 Å². The van der Waals surface area contributed by atoms with E-state index in [1.165, 1.54) is 30.3 Å². The zero-order valence-electron chi connectivity index (χ0n) is 22.1. The van der Waals surface area contributed by atoms with E-state index >= 15 is 0 Å². The summed E-state index contributed by atoms with van der Waals surface area (Å²) in [6.45, 7) is 0. The quantitative estimate of drug-likeness (QED) is 0.323. The van der Waals surface area contributed by atoms with Crippen LogP contribution in [0, 0.1) is 5.82 Å². The zero-order chi connectivity index (χ0) is 31.1. The molecule has 3 amide bonds. The molecule has 2 aliphatic rings. The summed E-state index contributed by atoms with van der Waals surface area (Å²) in [5.41, 5.74) is -1.17. The number of rotatable bonds is 7. The normalized spacial score (nSPS) is 19.1. The van der Waals surface area contributed by atoms with E-state index in [9.17, 15) is 40.7 Å². The molecule has 0 spiro atoms. The average Bonchev–Trinajstić information content (AvgIpc) is 3.31. The van der Waals surface area contributed by atoms with E-state index < -0.39 is 78.0 Å². The summed E-state index contributed by atoms with van der Waals surface area (Å²) >= 11 is 6.43. The van der Waals surface area contributed by atoms with Crippen molar-refractivity contribution in [1.82, 2.24) is 10.3 Å². The predicted molar refractivity (Wildman–Crippen MR) is 144 cm³/mol. The first-order valence-electron chi connectivity index (χ1n) is 13.1. The van der Waals surface area contributed by atoms with Gasteiger partial charge in [-0.2, -0.15) is 13.2 Å². The van der Waals surface area contributed by atoms with Gasteiger partial charge in [0.25, 0.3) is 11.8 Å². The third-order valence-electron chi connectivity index (χ3n) is 7.28. The van der Waals surface area contributed by atoms with Crippen LogP contribution in [0.3, 0.4) is 0 Å². The van der Waals surface area contributed by atoms with Crippen molar-refractivity contribution >= 4 is 40.8 Å². The van der Waals surface area contributed by atoms with Gasteiger partial charge in [0, 0.05) is 47.8 Å². The van der Waals surface area contributed by atoms with Crippen LogP contribution in [-0.4, -0.2) is 40.7 Å². The van der Waals surface area contributed by atoms with Crippen LogP contribution in [0.4, 0.5) is 37.8 Å². The van der Waals surface area contributed by atoms with Gasteiger partial charge < -0.3 is 5.32 Å². The number of halogens is 7. The first kappa shape index (κ1) is 30.3. The van der Waals surface area contributed by atoms with Crippen LogP contribution in [0.15, 0.2) is 66.9 Å². The molecule has 14 heteroatoms. The SMILES string of the molecule is O=C(NC1CC(F)(F)C1)C(c1ccccc1Cl)N(C(=O)C1CCC(=O)N1c1cc(C(F)(F)F)ccn1)c1cccc(F)c1. The Labute approximate surface area is 246 Å². The van der Waals surface area contributed by atoms with E-state index in [-0.39, 0.29) is 29.1 Å². The average molecular weight is 625 g/mol. The van der Waals surface area contributed by atoms with Crippen LogP contribution in [0.1, 0.15) is 42.9 Å². The van der Waals surface area contributed by atoms with Gasteiger partial charge in [-0.05, 0) is 42.8 Å². The fourth-order valence-corrected chi connectivity index (χ4v) is 5.50. The summed E-state index contributed by atoms with van der Waals surface area (Å²) in [4.78, 5) is 46.7. The molecule has 2 heterocycles. The Morgan fingerprint density at radius 1 is 1.07 bits per heavy atom. The molecule has 2 aromatic carbocycles. The number of pyridine rings is 1. The summed E-state index contributed by atoms with van der Waals surface area (Å²) in [5.74, 6) is -6.75. The number of nitrogens with one attached hydrogen (secondary N) is 1. The first-order chi connectivity index (χ1) is 20.2. The van der Waals surface area contributed by atoms with Crippen LogP contribution in [0.2, 0.25) is 5.02 Å². The molecule has 3 aromatic rings. The van der Waals surface area contributed by atoms with Crippen LogP contribution >= 0.6 is 11.6 Å². The van der Waals surface area contributed by atoms with Crippen molar-refractivity contribution in [3.8, 4) is 0 Å². The van der Waals surface area contributed by atoms with E-state index in [4.69, 9.17) is 11.6 Å². The standard InChI is InChI=1S/C29H23ClF6N4O3/c30-21-7-2-1-6-20(21)25(26(42)38-18-14-28(32,33)15-18)39(19-5-3-4-17(31)13-19)27(43)22-8-9-24(41)40(22)23-12-16(10-11-37-23)29(34,35)36/h1-7,10-13,18,22,25H,8-9,14-15H2,(H,38,42). The molecule has 5 rings (SSSR count). The smallest absolute Gasteiger partial charge is 0.351 e. The summed E-state index contributed by atoms with van der Waals surface area (Å²) in [5, 5.41) is 2.52. The van der Waals surface area contributed by atoms with Crippen LogP contribution in [0.25, 0.3) is 0 Å². The molecule has 7 nitrogen and oxygen atoms in total. The van der Waals surface area contributed by atoms with E-state index in [0.717, 1.165) is 28.1 Å². The molecule has 226 valence electrons. The van der Waals surface area contributed by atoms with Crippen molar-refractivity contribution in [2.75, 3.05) is 9.80 Å². The van der Waals surface area contributed by atoms with Gasteiger partial charge in [0.15, 0.2) is 0 Å². The number of carbonyl (C=O) groups excluding carboxylic acids is 3. The summed E-state index contributed by atoms with van der Waals surface area (Å²) in [6, 6.07) is 7.90. The number of aromatic nitrogens is 1. The Morgan fingerprint density at radius 2 is 1.79 bits per heavy atom. The number of anilines is 2. The van der Waals surface area contributed by atoms with Crippen LogP contribution in [-0.2, 0) is 20.6 Å². The van der Waals surface area contributed by atoms with E-state index in [2.05, 4.69) is 10.3 Å². The highest BCUT2D eigenvalue weighted by Gasteiger charge is 2.49. The lowest BCUT2D eigenvalue weighted by Crippen LogP contribution is -2.56. The van der Waals surface area contributed by atoms with E-state index in [0.29, 0.717) is 12.1 Å². The fraction of sp³-hybridized carbons (Fsp3) is 0.310. The minimum Gasteiger partial charge on any atom is -0.351 e.